The Hall–Kier alpha value is -1.96. The Bertz CT molecular complexity index is 613. The molecule has 0 saturated carbocycles. The first-order valence-electron chi connectivity index (χ1n) is 7.95. The Kier molecular flexibility index (Phi) is 5.51. The molecule has 2 rings (SSSR count). The molecular weight excluding hydrogens is 339 g/mol. The number of benzene rings is 1. The van der Waals surface area contributed by atoms with Crippen LogP contribution in [0.3, 0.4) is 0 Å². The average molecular weight is 361 g/mol. The summed E-state index contributed by atoms with van der Waals surface area (Å²) < 4.78 is 49.1. The van der Waals surface area contributed by atoms with E-state index in [-0.39, 0.29) is 18.7 Å². The number of nitrogens with zero attached hydrogens (tertiary/aromatic N) is 1. The van der Waals surface area contributed by atoms with E-state index < -0.39 is 35.6 Å². The van der Waals surface area contributed by atoms with Crippen molar-refractivity contribution in [3.05, 3.63) is 29.8 Å². The molecule has 25 heavy (non-hydrogen) atoms. The minimum atomic E-state index is -4.48. The van der Waals surface area contributed by atoms with Crippen molar-refractivity contribution in [2.45, 2.75) is 51.2 Å². The number of alkyl halides is 3. The molecule has 0 radical (unpaired) electrons. The third kappa shape index (κ3) is 5.52. The third-order valence-electron chi connectivity index (χ3n) is 3.62. The zero-order chi connectivity index (χ0) is 18.8. The summed E-state index contributed by atoms with van der Waals surface area (Å²) in [6.07, 6.45) is -6.48. The van der Waals surface area contributed by atoms with E-state index in [1.807, 2.05) is 0 Å². The lowest BCUT2D eigenvalue weighted by atomic mass is 10.1. The van der Waals surface area contributed by atoms with Crippen LogP contribution >= 0.6 is 0 Å². The van der Waals surface area contributed by atoms with E-state index in [0.717, 1.165) is 12.1 Å². The van der Waals surface area contributed by atoms with Crippen molar-refractivity contribution in [3.8, 4) is 5.75 Å². The number of amides is 1. The van der Waals surface area contributed by atoms with Gasteiger partial charge in [0, 0.05) is 6.54 Å². The van der Waals surface area contributed by atoms with E-state index in [1.165, 1.54) is 17.0 Å². The maximum absolute atomic E-state index is 12.8. The summed E-state index contributed by atoms with van der Waals surface area (Å²) in [7, 11) is 0. The average Bonchev–Trinajstić information content (AvgIpc) is 2.47. The first kappa shape index (κ1) is 19.4. The van der Waals surface area contributed by atoms with Gasteiger partial charge in [-0.15, -0.1) is 0 Å². The van der Waals surface area contributed by atoms with E-state index >= 15 is 0 Å². The largest absolute Gasteiger partial charge is 0.486 e. The lowest BCUT2D eigenvalue weighted by Gasteiger charge is -2.36. The standard InChI is InChI=1S/C17H22F3NO4/c1-16(2,3)25-15(23)21-8-7-13(22)14(10-21)24-12-6-4-5-11(9-12)17(18,19)20/h4-6,9,13-14,22H,7-8,10H2,1-3H3. The van der Waals surface area contributed by atoms with Gasteiger partial charge >= 0.3 is 12.3 Å². The molecule has 1 aliphatic rings. The molecule has 1 aromatic rings. The number of carbonyl (C=O) groups excluding carboxylic acids is 1. The van der Waals surface area contributed by atoms with Gasteiger partial charge in [-0.1, -0.05) is 6.07 Å². The SMILES string of the molecule is CC(C)(C)OC(=O)N1CCC(O)C(Oc2cccc(C(F)(F)F)c2)C1. The number of piperidine rings is 1. The van der Waals surface area contributed by atoms with Gasteiger partial charge in [-0.3, -0.25) is 0 Å². The quantitative estimate of drug-likeness (QED) is 0.877. The lowest BCUT2D eigenvalue weighted by Crippen LogP contribution is -2.52. The van der Waals surface area contributed by atoms with Crippen LogP contribution in [-0.2, 0) is 10.9 Å². The Morgan fingerprint density at radius 1 is 1.28 bits per heavy atom. The predicted molar refractivity (Wildman–Crippen MR) is 84.3 cm³/mol. The summed E-state index contributed by atoms with van der Waals surface area (Å²) in [6, 6.07) is 4.43. The van der Waals surface area contributed by atoms with E-state index in [2.05, 4.69) is 0 Å². The summed E-state index contributed by atoms with van der Waals surface area (Å²) in [5.74, 6) is -0.00934. The summed E-state index contributed by atoms with van der Waals surface area (Å²) in [6.45, 7) is 5.53. The molecule has 140 valence electrons. The topological polar surface area (TPSA) is 59.0 Å². The Balaban J connectivity index is 2.07. The van der Waals surface area contributed by atoms with Crippen LogP contribution in [0, 0.1) is 0 Å². The molecule has 5 nitrogen and oxygen atoms in total. The molecule has 1 saturated heterocycles. The van der Waals surface area contributed by atoms with Crippen LogP contribution in [0.2, 0.25) is 0 Å². The molecule has 8 heteroatoms. The molecular formula is C17H22F3NO4. The zero-order valence-corrected chi connectivity index (χ0v) is 14.3. The molecule has 1 fully saturated rings. The highest BCUT2D eigenvalue weighted by molar-refractivity contribution is 5.68. The fraction of sp³-hybridized carbons (Fsp3) is 0.588. The molecule has 1 aromatic carbocycles. The van der Waals surface area contributed by atoms with Crippen LogP contribution < -0.4 is 4.74 Å². The monoisotopic (exact) mass is 361 g/mol. The number of likely N-dealkylation sites (tertiary alicyclic amines) is 1. The van der Waals surface area contributed by atoms with Gasteiger partial charge in [0.05, 0.1) is 18.2 Å². The molecule has 1 heterocycles. The van der Waals surface area contributed by atoms with Gasteiger partial charge in [0.1, 0.15) is 17.5 Å². The third-order valence-corrected chi connectivity index (χ3v) is 3.62. The number of carbonyl (C=O) groups is 1. The van der Waals surface area contributed by atoms with Gasteiger partial charge in [-0.25, -0.2) is 4.79 Å². The number of hydrogen-bond acceptors (Lipinski definition) is 4. The van der Waals surface area contributed by atoms with E-state index in [9.17, 15) is 23.1 Å². The first-order valence-corrected chi connectivity index (χ1v) is 7.95. The first-order chi connectivity index (χ1) is 11.5. The number of rotatable bonds is 2. The van der Waals surface area contributed by atoms with Crippen molar-refractivity contribution in [3.63, 3.8) is 0 Å². The molecule has 1 N–H and O–H groups in total. The minimum Gasteiger partial charge on any atom is -0.486 e. The molecule has 0 aliphatic carbocycles. The van der Waals surface area contributed by atoms with Gasteiger partial charge in [-0.2, -0.15) is 13.2 Å². The molecule has 1 aliphatic heterocycles. The summed E-state index contributed by atoms with van der Waals surface area (Å²) in [4.78, 5) is 13.5. The van der Waals surface area contributed by atoms with Gasteiger partial charge < -0.3 is 19.5 Å². The van der Waals surface area contributed by atoms with Crippen LogP contribution in [0.4, 0.5) is 18.0 Å². The van der Waals surface area contributed by atoms with Crippen molar-refractivity contribution in [1.82, 2.24) is 4.90 Å². The van der Waals surface area contributed by atoms with Crippen LogP contribution in [0.15, 0.2) is 24.3 Å². The second-order valence-electron chi connectivity index (χ2n) is 6.96. The van der Waals surface area contributed by atoms with Crippen molar-refractivity contribution >= 4 is 6.09 Å². The lowest BCUT2D eigenvalue weighted by molar-refractivity contribution is -0.137. The molecule has 0 bridgehead atoms. The zero-order valence-electron chi connectivity index (χ0n) is 14.3. The van der Waals surface area contributed by atoms with Crippen molar-refractivity contribution in [2.75, 3.05) is 13.1 Å². The fourth-order valence-corrected chi connectivity index (χ4v) is 2.43. The van der Waals surface area contributed by atoms with Gasteiger partial charge in [0.2, 0.25) is 0 Å². The Morgan fingerprint density at radius 3 is 2.56 bits per heavy atom. The van der Waals surface area contributed by atoms with Gasteiger partial charge in [-0.05, 0) is 45.4 Å². The molecule has 0 spiro atoms. The highest BCUT2D eigenvalue weighted by Crippen LogP contribution is 2.32. The minimum absolute atomic E-state index is 0.00934. The van der Waals surface area contributed by atoms with Gasteiger partial charge in [0.25, 0.3) is 0 Å². The van der Waals surface area contributed by atoms with Crippen LogP contribution in [0.25, 0.3) is 0 Å². The molecule has 2 unspecified atom stereocenters. The summed E-state index contributed by atoms with van der Waals surface area (Å²) >= 11 is 0. The Labute approximate surface area is 144 Å². The normalized spacial score (nSPS) is 21.8. The molecule has 1 amide bonds. The summed E-state index contributed by atoms with van der Waals surface area (Å²) in [5.41, 5.74) is -1.50. The van der Waals surface area contributed by atoms with E-state index in [1.54, 1.807) is 20.8 Å². The Morgan fingerprint density at radius 2 is 1.96 bits per heavy atom. The smallest absolute Gasteiger partial charge is 0.416 e. The molecule has 0 aromatic heterocycles. The summed E-state index contributed by atoms with van der Waals surface area (Å²) in [5, 5.41) is 10.1. The van der Waals surface area contributed by atoms with E-state index in [0.29, 0.717) is 6.54 Å². The number of aliphatic hydroxyl groups is 1. The second-order valence-corrected chi connectivity index (χ2v) is 6.96. The predicted octanol–water partition coefficient (Wildman–Crippen LogP) is 3.45. The van der Waals surface area contributed by atoms with E-state index in [4.69, 9.17) is 9.47 Å². The van der Waals surface area contributed by atoms with Crippen molar-refractivity contribution < 1.29 is 32.5 Å². The highest BCUT2D eigenvalue weighted by Gasteiger charge is 2.35. The maximum atomic E-state index is 12.8. The maximum Gasteiger partial charge on any atom is 0.416 e. The number of ether oxygens (including phenoxy) is 2. The van der Waals surface area contributed by atoms with Crippen LogP contribution in [-0.4, -0.2) is 47.0 Å². The van der Waals surface area contributed by atoms with Gasteiger partial charge in [0.15, 0.2) is 0 Å². The van der Waals surface area contributed by atoms with Crippen molar-refractivity contribution in [1.29, 1.82) is 0 Å². The van der Waals surface area contributed by atoms with Crippen molar-refractivity contribution in [2.24, 2.45) is 0 Å². The highest BCUT2D eigenvalue weighted by atomic mass is 19.4. The number of halogens is 3. The second kappa shape index (κ2) is 7.11. The number of aliphatic hydroxyl groups excluding tert-OH is 1. The van der Waals surface area contributed by atoms with Crippen LogP contribution in [0.5, 0.6) is 5.75 Å². The van der Waals surface area contributed by atoms with Crippen LogP contribution in [0.1, 0.15) is 32.8 Å². The number of hydrogen-bond donors (Lipinski definition) is 1. The molecule has 2 atom stereocenters. The fourth-order valence-electron chi connectivity index (χ4n) is 2.43.